The summed E-state index contributed by atoms with van der Waals surface area (Å²) in [5.41, 5.74) is 2.31. The molecule has 0 aromatic carbocycles. The quantitative estimate of drug-likeness (QED) is 0.759. The number of likely N-dealkylation sites (N-methyl/N-ethyl adjacent to an activating group) is 1. The molecule has 0 fully saturated rings. The SMILES string of the molecule is CCOCC(Cc1cc(C)nn1C)NC. The molecule has 15 heavy (non-hydrogen) atoms. The van der Waals surface area contributed by atoms with E-state index in [4.69, 9.17) is 4.74 Å². The normalized spacial score (nSPS) is 13.1. The number of ether oxygens (including phenoxy) is 1. The van der Waals surface area contributed by atoms with Gasteiger partial charge in [0.05, 0.1) is 12.3 Å². The lowest BCUT2D eigenvalue weighted by Gasteiger charge is -2.15. The van der Waals surface area contributed by atoms with Gasteiger partial charge in [-0.1, -0.05) is 0 Å². The zero-order valence-corrected chi connectivity index (χ0v) is 10.1. The van der Waals surface area contributed by atoms with Crippen molar-refractivity contribution < 1.29 is 4.74 Å². The molecule has 4 heteroatoms. The fourth-order valence-corrected chi connectivity index (χ4v) is 1.61. The molecule has 1 aromatic heterocycles. The van der Waals surface area contributed by atoms with Crippen molar-refractivity contribution in [3.8, 4) is 0 Å². The average Bonchev–Trinajstić information content (AvgIpc) is 2.52. The van der Waals surface area contributed by atoms with Gasteiger partial charge in [-0.25, -0.2) is 0 Å². The van der Waals surface area contributed by atoms with Crippen LogP contribution in [-0.2, 0) is 18.2 Å². The second kappa shape index (κ2) is 5.88. The number of hydrogen-bond acceptors (Lipinski definition) is 3. The molecule has 86 valence electrons. The molecule has 0 aliphatic heterocycles. The van der Waals surface area contributed by atoms with Crippen molar-refractivity contribution in [1.82, 2.24) is 15.1 Å². The van der Waals surface area contributed by atoms with Crippen LogP contribution in [0.1, 0.15) is 18.3 Å². The van der Waals surface area contributed by atoms with Crippen LogP contribution in [0.25, 0.3) is 0 Å². The maximum absolute atomic E-state index is 5.41. The summed E-state index contributed by atoms with van der Waals surface area (Å²) >= 11 is 0. The van der Waals surface area contributed by atoms with Crippen LogP contribution >= 0.6 is 0 Å². The molecule has 1 heterocycles. The molecular formula is C11H21N3O. The first-order valence-electron chi connectivity index (χ1n) is 5.41. The summed E-state index contributed by atoms with van der Waals surface area (Å²) in [4.78, 5) is 0. The van der Waals surface area contributed by atoms with Crippen molar-refractivity contribution >= 4 is 0 Å². The van der Waals surface area contributed by atoms with Crippen LogP contribution in [0.3, 0.4) is 0 Å². The Labute approximate surface area is 91.6 Å². The van der Waals surface area contributed by atoms with E-state index in [9.17, 15) is 0 Å². The zero-order valence-electron chi connectivity index (χ0n) is 10.1. The molecule has 0 bridgehead atoms. The maximum atomic E-state index is 5.41. The Morgan fingerprint density at radius 1 is 1.60 bits per heavy atom. The first kappa shape index (κ1) is 12.2. The topological polar surface area (TPSA) is 39.1 Å². The molecule has 1 aromatic rings. The van der Waals surface area contributed by atoms with Gasteiger partial charge in [0.1, 0.15) is 0 Å². The fraction of sp³-hybridized carbons (Fsp3) is 0.727. The third-order valence-electron chi connectivity index (χ3n) is 2.49. The van der Waals surface area contributed by atoms with Crippen molar-refractivity contribution in [2.75, 3.05) is 20.3 Å². The van der Waals surface area contributed by atoms with E-state index >= 15 is 0 Å². The highest BCUT2D eigenvalue weighted by molar-refractivity contribution is 5.10. The van der Waals surface area contributed by atoms with Crippen LogP contribution in [0, 0.1) is 6.92 Å². The van der Waals surface area contributed by atoms with Crippen LogP contribution in [0.2, 0.25) is 0 Å². The van der Waals surface area contributed by atoms with Crippen LogP contribution in [0.15, 0.2) is 6.07 Å². The van der Waals surface area contributed by atoms with Gasteiger partial charge in [0.25, 0.3) is 0 Å². The van der Waals surface area contributed by atoms with Gasteiger partial charge in [0.15, 0.2) is 0 Å². The van der Waals surface area contributed by atoms with E-state index in [1.54, 1.807) is 0 Å². The van der Waals surface area contributed by atoms with Crippen molar-refractivity contribution in [3.63, 3.8) is 0 Å². The van der Waals surface area contributed by atoms with Gasteiger partial charge in [-0.2, -0.15) is 5.10 Å². The van der Waals surface area contributed by atoms with Gasteiger partial charge in [-0.15, -0.1) is 0 Å². The molecule has 0 radical (unpaired) electrons. The fourth-order valence-electron chi connectivity index (χ4n) is 1.61. The third-order valence-corrected chi connectivity index (χ3v) is 2.49. The Kier molecular flexibility index (Phi) is 4.78. The van der Waals surface area contributed by atoms with Gasteiger partial charge >= 0.3 is 0 Å². The molecule has 0 saturated carbocycles. The van der Waals surface area contributed by atoms with E-state index in [1.165, 1.54) is 5.69 Å². The minimum absolute atomic E-state index is 0.361. The Hall–Kier alpha value is -0.870. The summed E-state index contributed by atoms with van der Waals surface area (Å²) in [5, 5.41) is 7.58. The lowest BCUT2D eigenvalue weighted by atomic mass is 10.1. The van der Waals surface area contributed by atoms with Gasteiger partial charge < -0.3 is 10.1 Å². The van der Waals surface area contributed by atoms with Crippen molar-refractivity contribution in [1.29, 1.82) is 0 Å². The lowest BCUT2D eigenvalue weighted by Crippen LogP contribution is -2.33. The third kappa shape index (κ3) is 3.64. The van der Waals surface area contributed by atoms with Crippen LogP contribution in [-0.4, -0.2) is 36.1 Å². The first-order chi connectivity index (χ1) is 7.17. The maximum Gasteiger partial charge on any atom is 0.0623 e. The highest BCUT2D eigenvalue weighted by Gasteiger charge is 2.10. The van der Waals surface area contributed by atoms with Gasteiger partial charge in [-0.05, 0) is 27.0 Å². The van der Waals surface area contributed by atoms with E-state index in [1.807, 2.05) is 32.6 Å². The van der Waals surface area contributed by atoms with E-state index in [-0.39, 0.29) is 0 Å². The molecular weight excluding hydrogens is 190 g/mol. The molecule has 0 aliphatic rings. The van der Waals surface area contributed by atoms with E-state index in [0.29, 0.717) is 6.04 Å². The summed E-state index contributed by atoms with van der Waals surface area (Å²) in [6, 6.07) is 2.48. The molecule has 1 rings (SSSR count). The predicted molar refractivity (Wildman–Crippen MR) is 61.0 cm³/mol. The number of aryl methyl sites for hydroxylation is 2. The first-order valence-corrected chi connectivity index (χ1v) is 5.41. The number of hydrogen-bond donors (Lipinski definition) is 1. The number of aromatic nitrogens is 2. The molecule has 1 unspecified atom stereocenters. The molecule has 0 aliphatic carbocycles. The summed E-state index contributed by atoms with van der Waals surface area (Å²) in [6.45, 7) is 5.54. The number of rotatable bonds is 6. The standard InChI is InChI=1S/C11H21N3O/c1-5-15-8-10(12-3)7-11-6-9(2)13-14(11)4/h6,10,12H,5,7-8H2,1-4H3. The van der Waals surface area contributed by atoms with E-state index in [0.717, 1.165) is 25.3 Å². The Balaban J connectivity index is 2.54. The van der Waals surface area contributed by atoms with Crippen LogP contribution < -0.4 is 5.32 Å². The van der Waals surface area contributed by atoms with E-state index in [2.05, 4.69) is 16.5 Å². The van der Waals surface area contributed by atoms with Crippen molar-refractivity contribution in [2.45, 2.75) is 26.3 Å². The van der Waals surface area contributed by atoms with Crippen LogP contribution in [0.4, 0.5) is 0 Å². The van der Waals surface area contributed by atoms with Gasteiger partial charge in [0.2, 0.25) is 0 Å². The monoisotopic (exact) mass is 211 g/mol. The smallest absolute Gasteiger partial charge is 0.0623 e. The number of nitrogens with one attached hydrogen (secondary N) is 1. The Morgan fingerprint density at radius 2 is 2.33 bits per heavy atom. The van der Waals surface area contributed by atoms with Crippen LogP contribution in [0.5, 0.6) is 0 Å². The molecule has 0 amide bonds. The Morgan fingerprint density at radius 3 is 2.80 bits per heavy atom. The number of nitrogens with zero attached hydrogens (tertiary/aromatic N) is 2. The summed E-state index contributed by atoms with van der Waals surface area (Å²) in [5.74, 6) is 0. The summed E-state index contributed by atoms with van der Waals surface area (Å²) < 4.78 is 7.35. The molecule has 0 saturated heterocycles. The molecule has 1 atom stereocenters. The Bertz CT molecular complexity index is 296. The van der Waals surface area contributed by atoms with Crippen molar-refractivity contribution in [2.24, 2.45) is 7.05 Å². The highest BCUT2D eigenvalue weighted by atomic mass is 16.5. The molecule has 0 spiro atoms. The molecule has 4 nitrogen and oxygen atoms in total. The van der Waals surface area contributed by atoms with Crippen molar-refractivity contribution in [3.05, 3.63) is 17.5 Å². The predicted octanol–water partition coefficient (Wildman–Crippen LogP) is 0.896. The second-order valence-electron chi connectivity index (χ2n) is 3.75. The van der Waals surface area contributed by atoms with Gasteiger partial charge in [0, 0.05) is 31.8 Å². The second-order valence-corrected chi connectivity index (χ2v) is 3.75. The average molecular weight is 211 g/mol. The van der Waals surface area contributed by atoms with Gasteiger partial charge in [-0.3, -0.25) is 4.68 Å². The largest absolute Gasteiger partial charge is 0.380 e. The van der Waals surface area contributed by atoms with E-state index < -0.39 is 0 Å². The summed E-state index contributed by atoms with van der Waals surface area (Å²) in [7, 11) is 3.95. The zero-order chi connectivity index (χ0) is 11.3. The minimum Gasteiger partial charge on any atom is -0.380 e. The molecule has 1 N–H and O–H groups in total. The lowest BCUT2D eigenvalue weighted by molar-refractivity contribution is 0.124. The minimum atomic E-state index is 0.361. The highest BCUT2D eigenvalue weighted by Crippen LogP contribution is 2.05. The summed E-state index contributed by atoms with van der Waals surface area (Å²) in [6.07, 6.45) is 0.952.